The third kappa shape index (κ3) is 2.21. The van der Waals surface area contributed by atoms with E-state index in [0.29, 0.717) is 11.7 Å². The second-order valence-corrected chi connectivity index (χ2v) is 7.14. The molecule has 0 amide bonds. The minimum atomic E-state index is -1.78. The van der Waals surface area contributed by atoms with Crippen LogP contribution in [0.1, 0.15) is 5.56 Å². The standard InChI is InChI=1S/C11H17N3OS/c1-16(2,15)11-13-9-4-3-8(5-6-12)7-10(9)14-11/h3-4,7,15H,5-6,12H2,1-2H3,(H,13,14). The van der Waals surface area contributed by atoms with Gasteiger partial charge in [-0.2, -0.15) is 0 Å². The predicted molar refractivity (Wildman–Crippen MR) is 69.2 cm³/mol. The molecule has 0 aliphatic rings. The van der Waals surface area contributed by atoms with Gasteiger partial charge in [-0.05, 0) is 43.2 Å². The van der Waals surface area contributed by atoms with Crippen molar-refractivity contribution >= 4 is 21.3 Å². The Labute approximate surface area is 96.4 Å². The topological polar surface area (TPSA) is 74.9 Å². The summed E-state index contributed by atoms with van der Waals surface area (Å²) in [6.45, 7) is 0.642. The summed E-state index contributed by atoms with van der Waals surface area (Å²) in [6, 6.07) is 6.04. The number of aromatic amines is 1. The summed E-state index contributed by atoms with van der Waals surface area (Å²) in [6.07, 6.45) is 4.46. The van der Waals surface area contributed by atoms with Gasteiger partial charge >= 0.3 is 0 Å². The fourth-order valence-corrected chi connectivity index (χ4v) is 2.27. The normalized spacial score (nSPS) is 13.2. The summed E-state index contributed by atoms with van der Waals surface area (Å²) in [4.78, 5) is 7.55. The number of hydrogen-bond donors (Lipinski definition) is 3. The molecule has 88 valence electrons. The molecule has 0 saturated carbocycles. The highest BCUT2D eigenvalue weighted by atomic mass is 32.3. The highest BCUT2D eigenvalue weighted by Crippen LogP contribution is 2.42. The number of nitrogens with zero attached hydrogens (tertiary/aromatic N) is 1. The van der Waals surface area contributed by atoms with E-state index < -0.39 is 10.3 Å². The Balaban J connectivity index is 2.46. The van der Waals surface area contributed by atoms with E-state index in [0.717, 1.165) is 17.5 Å². The Hall–Kier alpha value is -1.04. The minimum absolute atomic E-state index is 0.642. The van der Waals surface area contributed by atoms with Gasteiger partial charge in [-0.25, -0.2) is 4.98 Å². The third-order valence-electron chi connectivity index (χ3n) is 2.43. The average molecular weight is 239 g/mol. The quantitative estimate of drug-likeness (QED) is 0.766. The molecule has 0 fully saturated rings. The minimum Gasteiger partial charge on any atom is -0.345 e. The highest BCUT2D eigenvalue weighted by Gasteiger charge is 2.15. The van der Waals surface area contributed by atoms with Crippen LogP contribution >= 0.6 is 10.3 Å². The van der Waals surface area contributed by atoms with Crippen LogP contribution in [-0.4, -0.2) is 33.6 Å². The Morgan fingerprint density at radius 1 is 1.44 bits per heavy atom. The van der Waals surface area contributed by atoms with Gasteiger partial charge in [-0.1, -0.05) is 16.4 Å². The van der Waals surface area contributed by atoms with Gasteiger partial charge in [0, 0.05) is 0 Å². The molecule has 1 aromatic carbocycles. The number of hydrogen-bond acceptors (Lipinski definition) is 3. The van der Waals surface area contributed by atoms with Gasteiger partial charge in [0.05, 0.1) is 11.0 Å². The number of aromatic nitrogens is 2. The first-order valence-electron chi connectivity index (χ1n) is 5.15. The van der Waals surface area contributed by atoms with E-state index in [4.69, 9.17) is 5.73 Å². The van der Waals surface area contributed by atoms with Gasteiger partial charge < -0.3 is 15.3 Å². The van der Waals surface area contributed by atoms with Crippen LogP contribution < -0.4 is 5.73 Å². The van der Waals surface area contributed by atoms with E-state index in [9.17, 15) is 4.55 Å². The van der Waals surface area contributed by atoms with Crippen molar-refractivity contribution < 1.29 is 4.55 Å². The molecule has 0 aliphatic carbocycles. The van der Waals surface area contributed by atoms with E-state index >= 15 is 0 Å². The molecular formula is C11H17N3OS. The van der Waals surface area contributed by atoms with Crippen molar-refractivity contribution in [2.75, 3.05) is 19.1 Å². The lowest BCUT2D eigenvalue weighted by atomic mass is 10.1. The lowest BCUT2D eigenvalue weighted by molar-refractivity contribution is 0.629. The largest absolute Gasteiger partial charge is 0.345 e. The van der Waals surface area contributed by atoms with Crippen molar-refractivity contribution in [3.8, 4) is 0 Å². The summed E-state index contributed by atoms with van der Waals surface area (Å²) < 4.78 is 9.93. The van der Waals surface area contributed by atoms with Gasteiger partial charge in [0.2, 0.25) is 0 Å². The van der Waals surface area contributed by atoms with E-state index in [1.807, 2.05) is 18.2 Å². The Kier molecular flexibility index (Phi) is 2.92. The Bertz CT molecular complexity index is 501. The Morgan fingerprint density at radius 2 is 2.19 bits per heavy atom. The molecule has 1 aromatic heterocycles. The van der Waals surface area contributed by atoms with E-state index in [-0.39, 0.29) is 0 Å². The summed E-state index contributed by atoms with van der Waals surface area (Å²) in [5, 5.41) is 0.674. The maximum absolute atomic E-state index is 9.93. The molecular weight excluding hydrogens is 222 g/mol. The molecule has 0 saturated heterocycles. The SMILES string of the molecule is CS(C)(O)c1nc2ccc(CCN)cc2[nH]1. The van der Waals surface area contributed by atoms with Crippen LogP contribution in [0.25, 0.3) is 11.0 Å². The van der Waals surface area contributed by atoms with Crippen LogP contribution in [0.4, 0.5) is 0 Å². The number of imidazole rings is 1. The number of H-pyrrole nitrogens is 1. The number of rotatable bonds is 3. The molecule has 4 N–H and O–H groups in total. The number of fused-ring (bicyclic) bond motifs is 1. The molecule has 4 nitrogen and oxygen atoms in total. The monoisotopic (exact) mass is 239 g/mol. The van der Waals surface area contributed by atoms with Crippen LogP contribution in [0.3, 0.4) is 0 Å². The van der Waals surface area contributed by atoms with Crippen molar-refractivity contribution in [1.82, 2.24) is 9.97 Å². The number of nitrogens with one attached hydrogen (secondary N) is 1. The molecule has 0 aliphatic heterocycles. The highest BCUT2D eigenvalue weighted by molar-refractivity contribution is 8.27. The summed E-state index contributed by atoms with van der Waals surface area (Å²) in [5.41, 5.74) is 8.57. The summed E-state index contributed by atoms with van der Waals surface area (Å²) in [5.74, 6) is 0. The summed E-state index contributed by atoms with van der Waals surface area (Å²) >= 11 is 0. The fourth-order valence-electron chi connectivity index (χ4n) is 1.59. The van der Waals surface area contributed by atoms with Crippen LogP contribution in [0.15, 0.2) is 23.4 Å². The molecule has 0 unspecified atom stereocenters. The van der Waals surface area contributed by atoms with Crippen molar-refractivity contribution in [3.63, 3.8) is 0 Å². The van der Waals surface area contributed by atoms with Crippen LogP contribution in [0, 0.1) is 0 Å². The lowest BCUT2D eigenvalue weighted by Gasteiger charge is -2.19. The molecule has 0 bridgehead atoms. The van der Waals surface area contributed by atoms with Crippen LogP contribution in [0.2, 0.25) is 0 Å². The van der Waals surface area contributed by atoms with Gasteiger partial charge in [-0.3, -0.25) is 0 Å². The molecule has 16 heavy (non-hydrogen) atoms. The average Bonchev–Trinajstić information content (AvgIpc) is 2.60. The van der Waals surface area contributed by atoms with E-state index in [1.165, 1.54) is 5.56 Å². The molecule has 5 heteroatoms. The zero-order valence-electron chi connectivity index (χ0n) is 9.53. The maximum atomic E-state index is 9.93. The second-order valence-electron chi connectivity index (χ2n) is 4.21. The molecule has 2 rings (SSSR count). The lowest BCUT2D eigenvalue weighted by Crippen LogP contribution is -2.02. The third-order valence-corrected chi connectivity index (χ3v) is 3.57. The smallest absolute Gasteiger partial charge is 0.170 e. The van der Waals surface area contributed by atoms with E-state index in [2.05, 4.69) is 9.97 Å². The zero-order valence-corrected chi connectivity index (χ0v) is 10.3. The molecule has 1 heterocycles. The summed E-state index contributed by atoms with van der Waals surface area (Å²) in [7, 11) is -1.78. The number of benzene rings is 1. The van der Waals surface area contributed by atoms with Crippen molar-refractivity contribution in [1.29, 1.82) is 0 Å². The van der Waals surface area contributed by atoms with Gasteiger partial charge in [0.15, 0.2) is 5.16 Å². The fraction of sp³-hybridized carbons (Fsp3) is 0.364. The molecule has 2 aromatic rings. The molecule has 0 atom stereocenters. The first-order chi connectivity index (χ1) is 7.50. The molecule has 0 radical (unpaired) electrons. The predicted octanol–water partition coefficient (Wildman–Crippen LogP) is 1.96. The first-order valence-corrected chi connectivity index (χ1v) is 7.56. The van der Waals surface area contributed by atoms with Gasteiger partial charge in [0.1, 0.15) is 0 Å². The molecule has 0 spiro atoms. The van der Waals surface area contributed by atoms with Crippen LogP contribution in [-0.2, 0) is 6.42 Å². The maximum Gasteiger partial charge on any atom is 0.170 e. The van der Waals surface area contributed by atoms with Crippen molar-refractivity contribution in [2.24, 2.45) is 5.73 Å². The van der Waals surface area contributed by atoms with Crippen molar-refractivity contribution in [3.05, 3.63) is 23.8 Å². The van der Waals surface area contributed by atoms with Crippen LogP contribution in [0.5, 0.6) is 0 Å². The Morgan fingerprint density at radius 3 is 2.81 bits per heavy atom. The second kappa shape index (κ2) is 4.08. The number of nitrogens with two attached hydrogens (primary N) is 1. The first kappa shape index (κ1) is 11.4. The van der Waals surface area contributed by atoms with Gasteiger partial charge in [-0.15, -0.1) is 0 Å². The zero-order chi connectivity index (χ0) is 11.8. The van der Waals surface area contributed by atoms with E-state index in [1.54, 1.807) is 12.5 Å². The van der Waals surface area contributed by atoms with Crippen molar-refractivity contribution in [2.45, 2.75) is 11.6 Å². The van der Waals surface area contributed by atoms with Gasteiger partial charge in [0.25, 0.3) is 0 Å².